The Labute approximate surface area is 111 Å². The summed E-state index contributed by atoms with van der Waals surface area (Å²) >= 11 is 1.55. The zero-order chi connectivity index (χ0) is 9.80. The zero-order valence-corrected chi connectivity index (χ0v) is 11.1. The molecule has 1 aromatic heterocycles. The van der Waals surface area contributed by atoms with Crippen molar-refractivity contribution in [3.05, 3.63) is 16.6 Å². The summed E-state index contributed by atoms with van der Waals surface area (Å²) in [6, 6.07) is 0. The number of amides is 1. The predicted molar refractivity (Wildman–Crippen MR) is 69.4 cm³/mol. The molecule has 4 nitrogen and oxygen atoms in total. The molecule has 92 valence electrons. The average molecular weight is 284 g/mol. The van der Waals surface area contributed by atoms with Gasteiger partial charge in [0.2, 0.25) is 5.91 Å². The fourth-order valence-electron chi connectivity index (χ4n) is 1.53. The number of carbonyl (C=O) groups excluding carboxylic acids is 1. The van der Waals surface area contributed by atoms with E-state index < -0.39 is 0 Å². The predicted octanol–water partition coefficient (Wildman–Crippen LogP) is 1.21. The Morgan fingerprint density at radius 3 is 3.00 bits per heavy atom. The van der Waals surface area contributed by atoms with E-state index in [1.807, 2.05) is 5.38 Å². The highest BCUT2D eigenvalue weighted by Crippen LogP contribution is 2.07. The van der Waals surface area contributed by atoms with Crippen LogP contribution in [-0.2, 0) is 11.3 Å². The van der Waals surface area contributed by atoms with Gasteiger partial charge in [-0.25, -0.2) is 4.98 Å². The first-order chi connectivity index (χ1) is 6.86. The topological polar surface area (TPSA) is 54.0 Å². The summed E-state index contributed by atoms with van der Waals surface area (Å²) < 4.78 is 0. The summed E-state index contributed by atoms with van der Waals surface area (Å²) in [6.07, 6.45) is 0.947. The van der Waals surface area contributed by atoms with Gasteiger partial charge < -0.3 is 10.6 Å². The first kappa shape index (κ1) is 15.6. The van der Waals surface area contributed by atoms with Gasteiger partial charge in [0.05, 0.1) is 23.7 Å². The smallest absolute Gasteiger partial charge is 0.224 e. The molecule has 1 unspecified atom stereocenters. The molecule has 0 aromatic carbocycles. The van der Waals surface area contributed by atoms with E-state index in [0.717, 1.165) is 25.2 Å². The monoisotopic (exact) mass is 283 g/mol. The fourth-order valence-corrected chi connectivity index (χ4v) is 2.08. The maximum atomic E-state index is 11.6. The van der Waals surface area contributed by atoms with Crippen LogP contribution in [0.2, 0.25) is 0 Å². The number of thiazole rings is 1. The Morgan fingerprint density at radius 1 is 1.62 bits per heavy atom. The molecule has 0 aliphatic carbocycles. The van der Waals surface area contributed by atoms with E-state index in [1.165, 1.54) is 0 Å². The molecule has 1 atom stereocenters. The van der Waals surface area contributed by atoms with E-state index in [4.69, 9.17) is 0 Å². The minimum Gasteiger partial charge on any atom is -0.350 e. The Bertz CT molecular complexity index is 302. The summed E-state index contributed by atoms with van der Waals surface area (Å²) in [5, 5.41) is 8.02. The highest BCUT2D eigenvalue weighted by atomic mass is 35.5. The molecule has 7 heteroatoms. The average Bonchev–Trinajstić information content (AvgIpc) is 2.87. The van der Waals surface area contributed by atoms with Crippen molar-refractivity contribution in [2.75, 3.05) is 13.1 Å². The van der Waals surface area contributed by atoms with Gasteiger partial charge in [0, 0.05) is 11.9 Å². The third-order valence-corrected chi connectivity index (χ3v) is 2.99. The molecule has 1 aromatic rings. The quantitative estimate of drug-likeness (QED) is 0.877. The minimum atomic E-state index is 0. The van der Waals surface area contributed by atoms with Crippen LogP contribution in [0, 0.1) is 5.92 Å². The third-order valence-electron chi connectivity index (χ3n) is 2.36. The lowest BCUT2D eigenvalue weighted by Crippen LogP contribution is -2.31. The fraction of sp³-hybridized carbons (Fsp3) is 0.556. The maximum Gasteiger partial charge on any atom is 0.224 e. The van der Waals surface area contributed by atoms with Crippen LogP contribution in [0.4, 0.5) is 0 Å². The van der Waals surface area contributed by atoms with E-state index in [0.29, 0.717) is 6.54 Å². The molecule has 0 radical (unpaired) electrons. The first-order valence-electron chi connectivity index (χ1n) is 4.72. The Morgan fingerprint density at radius 2 is 2.44 bits per heavy atom. The second kappa shape index (κ2) is 7.84. The van der Waals surface area contributed by atoms with Gasteiger partial charge in [0.25, 0.3) is 0 Å². The van der Waals surface area contributed by atoms with Gasteiger partial charge in [-0.3, -0.25) is 4.79 Å². The number of nitrogens with zero attached hydrogens (tertiary/aromatic N) is 1. The number of hydrogen-bond acceptors (Lipinski definition) is 4. The van der Waals surface area contributed by atoms with Crippen LogP contribution in [0.1, 0.15) is 12.1 Å². The van der Waals surface area contributed by atoms with Crippen molar-refractivity contribution in [1.29, 1.82) is 0 Å². The van der Waals surface area contributed by atoms with E-state index >= 15 is 0 Å². The summed E-state index contributed by atoms with van der Waals surface area (Å²) in [7, 11) is 0. The molecule has 2 heterocycles. The summed E-state index contributed by atoms with van der Waals surface area (Å²) in [6.45, 7) is 2.32. The van der Waals surface area contributed by atoms with Crippen molar-refractivity contribution in [1.82, 2.24) is 15.6 Å². The number of hydrogen-bond donors (Lipinski definition) is 2. The van der Waals surface area contributed by atoms with Crippen LogP contribution in [0.15, 0.2) is 10.9 Å². The minimum absolute atomic E-state index is 0. The molecule has 1 aliphatic heterocycles. The first-order valence-corrected chi connectivity index (χ1v) is 5.66. The maximum absolute atomic E-state index is 11.6. The van der Waals surface area contributed by atoms with Crippen LogP contribution >= 0.6 is 36.2 Å². The van der Waals surface area contributed by atoms with Crippen molar-refractivity contribution >= 4 is 42.1 Å². The van der Waals surface area contributed by atoms with E-state index in [9.17, 15) is 4.79 Å². The van der Waals surface area contributed by atoms with Crippen LogP contribution in [-0.4, -0.2) is 24.0 Å². The molecule has 1 amide bonds. The van der Waals surface area contributed by atoms with Crippen molar-refractivity contribution < 1.29 is 4.79 Å². The lowest BCUT2D eigenvalue weighted by atomic mass is 10.1. The molecular weight excluding hydrogens is 269 g/mol. The van der Waals surface area contributed by atoms with Crippen molar-refractivity contribution in [2.24, 2.45) is 5.92 Å². The molecule has 1 saturated heterocycles. The van der Waals surface area contributed by atoms with Gasteiger partial charge in [0.15, 0.2) is 0 Å². The van der Waals surface area contributed by atoms with Crippen LogP contribution < -0.4 is 10.6 Å². The van der Waals surface area contributed by atoms with Gasteiger partial charge in [-0.1, -0.05) is 0 Å². The molecule has 2 rings (SSSR count). The molecule has 0 bridgehead atoms. The van der Waals surface area contributed by atoms with Gasteiger partial charge >= 0.3 is 0 Å². The summed E-state index contributed by atoms with van der Waals surface area (Å²) in [4.78, 5) is 15.7. The summed E-state index contributed by atoms with van der Waals surface area (Å²) in [5.41, 5.74) is 2.72. The highest BCUT2D eigenvalue weighted by molar-refractivity contribution is 7.07. The van der Waals surface area contributed by atoms with Gasteiger partial charge in [-0.05, 0) is 13.0 Å². The lowest BCUT2D eigenvalue weighted by molar-refractivity contribution is -0.124. The zero-order valence-electron chi connectivity index (χ0n) is 8.64. The Kier molecular flexibility index (Phi) is 7.66. The van der Waals surface area contributed by atoms with Gasteiger partial charge in [0.1, 0.15) is 0 Å². The highest BCUT2D eigenvalue weighted by Gasteiger charge is 2.21. The molecule has 16 heavy (non-hydrogen) atoms. The van der Waals surface area contributed by atoms with Gasteiger partial charge in [-0.2, -0.15) is 0 Å². The van der Waals surface area contributed by atoms with E-state index in [2.05, 4.69) is 15.6 Å². The van der Waals surface area contributed by atoms with Gasteiger partial charge in [-0.15, -0.1) is 36.2 Å². The van der Waals surface area contributed by atoms with Crippen LogP contribution in [0.5, 0.6) is 0 Å². The standard InChI is InChI=1S/C9H13N3OS.2ClH/c13-9(7-1-2-10-3-7)11-4-8-5-14-6-12-8;;/h5-7,10H,1-4H2,(H,11,13);2*1H. The number of halogens is 2. The molecule has 1 aliphatic rings. The normalized spacial score (nSPS) is 18.4. The van der Waals surface area contributed by atoms with E-state index in [-0.39, 0.29) is 36.6 Å². The van der Waals surface area contributed by atoms with Crippen molar-refractivity contribution in [3.63, 3.8) is 0 Å². The third kappa shape index (κ3) is 4.25. The SMILES string of the molecule is Cl.Cl.O=C(NCc1cscn1)C1CCNC1. The molecule has 0 saturated carbocycles. The molecule has 0 spiro atoms. The Hall–Kier alpha value is -0.360. The second-order valence-electron chi connectivity index (χ2n) is 3.39. The number of rotatable bonds is 3. The van der Waals surface area contributed by atoms with Crippen LogP contribution in [0.3, 0.4) is 0 Å². The largest absolute Gasteiger partial charge is 0.350 e. The van der Waals surface area contributed by atoms with Crippen LogP contribution in [0.25, 0.3) is 0 Å². The Balaban J connectivity index is 0.00000112. The number of carbonyl (C=O) groups is 1. The summed E-state index contributed by atoms with van der Waals surface area (Å²) in [5.74, 6) is 0.289. The van der Waals surface area contributed by atoms with E-state index in [1.54, 1.807) is 16.8 Å². The number of nitrogens with one attached hydrogen (secondary N) is 2. The lowest BCUT2D eigenvalue weighted by Gasteiger charge is -2.07. The number of aromatic nitrogens is 1. The van der Waals surface area contributed by atoms with Crippen molar-refractivity contribution in [3.8, 4) is 0 Å². The molecule has 2 N–H and O–H groups in total. The molecule has 1 fully saturated rings. The molecular formula is C9H15Cl2N3OS. The van der Waals surface area contributed by atoms with Crippen molar-refractivity contribution in [2.45, 2.75) is 13.0 Å². The second-order valence-corrected chi connectivity index (χ2v) is 4.11.